The monoisotopic (exact) mass is 418 g/mol. The SMILES string of the molecule is CCOc1cccc(C(=O)NC(=S)NNC(=O)COc2ccc([N+](=O)[O-])cc2)c1. The molecule has 3 N–H and O–H groups in total. The van der Waals surface area contributed by atoms with E-state index in [0.717, 1.165) is 0 Å². The van der Waals surface area contributed by atoms with Gasteiger partial charge < -0.3 is 9.47 Å². The molecule has 2 aromatic carbocycles. The molecular formula is C18H18N4O6S. The third kappa shape index (κ3) is 7.07. The van der Waals surface area contributed by atoms with Gasteiger partial charge in [0.15, 0.2) is 11.7 Å². The number of nitro benzene ring substituents is 1. The van der Waals surface area contributed by atoms with Crippen LogP contribution in [0, 0.1) is 10.1 Å². The van der Waals surface area contributed by atoms with Crippen LogP contribution in [-0.2, 0) is 4.79 Å². The van der Waals surface area contributed by atoms with Gasteiger partial charge in [-0.25, -0.2) is 0 Å². The van der Waals surface area contributed by atoms with Crippen LogP contribution in [0.1, 0.15) is 17.3 Å². The number of non-ortho nitro benzene ring substituents is 1. The number of hydrogen-bond acceptors (Lipinski definition) is 7. The molecular weight excluding hydrogens is 400 g/mol. The van der Waals surface area contributed by atoms with E-state index in [9.17, 15) is 19.7 Å². The average molecular weight is 418 g/mol. The van der Waals surface area contributed by atoms with Crippen molar-refractivity contribution in [2.24, 2.45) is 0 Å². The summed E-state index contributed by atoms with van der Waals surface area (Å²) in [6.45, 7) is 1.94. The molecule has 0 atom stereocenters. The molecule has 0 aromatic heterocycles. The molecule has 11 heteroatoms. The summed E-state index contributed by atoms with van der Waals surface area (Å²) in [6.07, 6.45) is 0. The van der Waals surface area contributed by atoms with E-state index >= 15 is 0 Å². The minimum absolute atomic E-state index is 0.0867. The van der Waals surface area contributed by atoms with Gasteiger partial charge >= 0.3 is 0 Å². The summed E-state index contributed by atoms with van der Waals surface area (Å²) in [5.41, 5.74) is 4.90. The van der Waals surface area contributed by atoms with Gasteiger partial charge in [-0.1, -0.05) is 6.07 Å². The highest BCUT2D eigenvalue weighted by atomic mass is 32.1. The molecule has 2 aromatic rings. The Balaban J connectivity index is 1.75. The van der Waals surface area contributed by atoms with Crippen molar-refractivity contribution in [1.82, 2.24) is 16.2 Å². The number of nitrogens with zero attached hydrogens (tertiary/aromatic N) is 1. The van der Waals surface area contributed by atoms with E-state index < -0.39 is 16.7 Å². The van der Waals surface area contributed by atoms with Gasteiger partial charge in [-0.05, 0) is 49.5 Å². The molecule has 0 unspecified atom stereocenters. The number of hydrazine groups is 1. The fraction of sp³-hybridized carbons (Fsp3) is 0.167. The molecule has 152 valence electrons. The average Bonchev–Trinajstić information content (AvgIpc) is 2.71. The zero-order valence-corrected chi connectivity index (χ0v) is 16.2. The highest BCUT2D eigenvalue weighted by molar-refractivity contribution is 7.80. The maximum Gasteiger partial charge on any atom is 0.276 e. The minimum atomic E-state index is -0.571. The van der Waals surface area contributed by atoms with Crippen LogP contribution in [0.5, 0.6) is 11.5 Å². The van der Waals surface area contributed by atoms with Crippen molar-refractivity contribution in [2.75, 3.05) is 13.2 Å². The molecule has 0 aliphatic heterocycles. The smallest absolute Gasteiger partial charge is 0.276 e. The summed E-state index contributed by atoms with van der Waals surface area (Å²) < 4.78 is 10.5. The Morgan fingerprint density at radius 2 is 1.79 bits per heavy atom. The van der Waals surface area contributed by atoms with Gasteiger partial charge in [0, 0.05) is 17.7 Å². The van der Waals surface area contributed by atoms with Crippen molar-refractivity contribution in [1.29, 1.82) is 0 Å². The summed E-state index contributed by atoms with van der Waals surface area (Å²) in [5, 5.41) is 12.9. The van der Waals surface area contributed by atoms with Crippen LogP contribution in [-0.4, -0.2) is 35.1 Å². The summed E-state index contributed by atoms with van der Waals surface area (Å²) in [4.78, 5) is 34.0. The summed E-state index contributed by atoms with van der Waals surface area (Å²) >= 11 is 4.96. The molecule has 0 bridgehead atoms. The second-order valence-electron chi connectivity index (χ2n) is 5.46. The van der Waals surface area contributed by atoms with Crippen LogP contribution in [0.3, 0.4) is 0 Å². The van der Waals surface area contributed by atoms with Gasteiger partial charge in [0.2, 0.25) is 0 Å². The van der Waals surface area contributed by atoms with Crippen molar-refractivity contribution in [3.8, 4) is 11.5 Å². The Hall–Kier alpha value is -3.73. The first kappa shape index (κ1) is 21.6. The lowest BCUT2D eigenvalue weighted by Gasteiger charge is -2.12. The number of amides is 2. The molecule has 0 aliphatic rings. The lowest BCUT2D eigenvalue weighted by Crippen LogP contribution is -2.49. The molecule has 10 nitrogen and oxygen atoms in total. The van der Waals surface area contributed by atoms with E-state index in [-0.39, 0.29) is 23.2 Å². The van der Waals surface area contributed by atoms with E-state index in [1.165, 1.54) is 24.3 Å². The summed E-state index contributed by atoms with van der Waals surface area (Å²) in [7, 11) is 0. The number of hydrogen-bond donors (Lipinski definition) is 3. The normalized spacial score (nSPS) is 9.83. The van der Waals surface area contributed by atoms with E-state index in [4.69, 9.17) is 21.7 Å². The van der Waals surface area contributed by atoms with E-state index in [2.05, 4.69) is 16.2 Å². The van der Waals surface area contributed by atoms with Gasteiger partial charge in [0.25, 0.3) is 17.5 Å². The second kappa shape index (κ2) is 10.6. The highest BCUT2D eigenvalue weighted by Gasteiger charge is 2.10. The van der Waals surface area contributed by atoms with Crippen LogP contribution in [0.25, 0.3) is 0 Å². The first-order chi connectivity index (χ1) is 13.9. The number of nitrogens with one attached hydrogen (secondary N) is 3. The predicted octanol–water partition coefficient (Wildman–Crippen LogP) is 1.71. The van der Waals surface area contributed by atoms with Gasteiger partial charge in [-0.15, -0.1) is 0 Å². The lowest BCUT2D eigenvalue weighted by molar-refractivity contribution is -0.384. The quantitative estimate of drug-likeness (QED) is 0.352. The number of ether oxygens (including phenoxy) is 2. The largest absolute Gasteiger partial charge is 0.494 e. The molecule has 0 saturated carbocycles. The zero-order chi connectivity index (χ0) is 21.2. The second-order valence-corrected chi connectivity index (χ2v) is 5.87. The number of carbonyl (C=O) groups is 2. The van der Waals surface area contributed by atoms with Crippen molar-refractivity contribution in [3.05, 3.63) is 64.2 Å². The maximum atomic E-state index is 12.2. The number of benzene rings is 2. The van der Waals surface area contributed by atoms with Gasteiger partial charge in [0.05, 0.1) is 11.5 Å². The van der Waals surface area contributed by atoms with Crippen molar-refractivity contribution in [2.45, 2.75) is 6.92 Å². The molecule has 2 amide bonds. The fourth-order valence-corrected chi connectivity index (χ4v) is 2.22. The van der Waals surface area contributed by atoms with E-state index in [1.807, 2.05) is 6.92 Å². The zero-order valence-electron chi connectivity index (χ0n) is 15.3. The van der Waals surface area contributed by atoms with Crippen molar-refractivity contribution < 1.29 is 24.0 Å². The molecule has 2 rings (SSSR count). The van der Waals surface area contributed by atoms with Crippen molar-refractivity contribution >= 4 is 34.8 Å². The molecule has 0 fully saturated rings. The third-order valence-electron chi connectivity index (χ3n) is 3.37. The molecule has 0 spiro atoms. The van der Waals surface area contributed by atoms with Gasteiger partial charge in [-0.3, -0.25) is 35.9 Å². The highest BCUT2D eigenvalue weighted by Crippen LogP contribution is 2.17. The standard InChI is InChI=1S/C18H18N4O6S/c1-2-27-15-5-3-4-12(10-15)17(24)19-18(29)21-20-16(23)11-28-14-8-6-13(7-9-14)22(25)26/h3-10H,2,11H2,1H3,(H,20,23)(H2,19,21,24,29). The Labute approximate surface area is 171 Å². The predicted molar refractivity (Wildman–Crippen MR) is 108 cm³/mol. The van der Waals surface area contributed by atoms with Crippen LogP contribution in [0.15, 0.2) is 48.5 Å². The Morgan fingerprint density at radius 1 is 1.07 bits per heavy atom. The number of carbonyl (C=O) groups excluding carboxylic acids is 2. The van der Waals surface area contributed by atoms with E-state index in [0.29, 0.717) is 17.9 Å². The Bertz CT molecular complexity index is 903. The molecule has 0 heterocycles. The molecule has 0 saturated heterocycles. The third-order valence-corrected chi connectivity index (χ3v) is 3.57. The molecule has 0 radical (unpaired) electrons. The minimum Gasteiger partial charge on any atom is -0.494 e. The summed E-state index contributed by atoms with van der Waals surface area (Å²) in [5.74, 6) is -0.203. The van der Waals surface area contributed by atoms with Crippen LogP contribution in [0.2, 0.25) is 0 Å². The van der Waals surface area contributed by atoms with Crippen LogP contribution < -0.4 is 25.6 Å². The maximum absolute atomic E-state index is 12.2. The molecule has 29 heavy (non-hydrogen) atoms. The molecule has 0 aliphatic carbocycles. The van der Waals surface area contributed by atoms with Gasteiger partial charge in [-0.2, -0.15) is 0 Å². The fourth-order valence-electron chi connectivity index (χ4n) is 2.08. The van der Waals surface area contributed by atoms with E-state index in [1.54, 1.807) is 24.3 Å². The Morgan fingerprint density at radius 3 is 2.45 bits per heavy atom. The van der Waals surface area contributed by atoms with Crippen LogP contribution >= 0.6 is 12.2 Å². The lowest BCUT2D eigenvalue weighted by atomic mass is 10.2. The summed E-state index contributed by atoms with van der Waals surface area (Å²) in [6, 6.07) is 11.8. The number of thiocarbonyl (C=S) groups is 1. The van der Waals surface area contributed by atoms with Gasteiger partial charge in [0.1, 0.15) is 11.5 Å². The first-order valence-corrected chi connectivity index (χ1v) is 8.80. The first-order valence-electron chi connectivity index (χ1n) is 8.39. The number of rotatable bonds is 7. The Kier molecular flexibility index (Phi) is 7.86. The number of nitro groups is 1. The van der Waals surface area contributed by atoms with Crippen LogP contribution in [0.4, 0.5) is 5.69 Å². The topological polar surface area (TPSA) is 132 Å². The van der Waals surface area contributed by atoms with Crippen molar-refractivity contribution in [3.63, 3.8) is 0 Å².